The number of carbonyl (C=O) groups excluding carboxylic acids is 1. The second-order valence-electron chi connectivity index (χ2n) is 3.55. The highest BCUT2D eigenvalue weighted by molar-refractivity contribution is 5.97. The number of aryl methyl sites for hydroxylation is 1. The Morgan fingerprint density at radius 3 is 2.87 bits per heavy atom. The zero-order chi connectivity index (χ0) is 11.0. The fourth-order valence-corrected chi connectivity index (χ4v) is 1.83. The number of fused-ring (bicyclic) bond motifs is 1. The van der Waals surface area contributed by atoms with Crippen LogP contribution in [0.15, 0.2) is 12.1 Å². The first-order valence-corrected chi connectivity index (χ1v) is 4.65. The molecule has 0 spiro atoms. The minimum atomic E-state index is -0.477. The number of nitro groups is 1. The Morgan fingerprint density at radius 1 is 1.47 bits per heavy atom. The predicted octanol–water partition coefficient (Wildman–Crippen LogP) is 1.19. The molecule has 1 heterocycles. The Balaban J connectivity index is 2.61. The smallest absolute Gasteiger partial charge is 0.270 e. The third-order valence-corrected chi connectivity index (χ3v) is 2.57. The van der Waals surface area contributed by atoms with Crippen molar-refractivity contribution < 1.29 is 9.72 Å². The van der Waals surface area contributed by atoms with E-state index in [0.29, 0.717) is 12.1 Å². The largest absolute Gasteiger partial charge is 0.352 e. The normalized spacial score (nSPS) is 14.3. The molecule has 5 nitrogen and oxygen atoms in total. The lowest BCUT2D eigenvalue weighted by atomic mass is 9.95. The summed E-state index contributed by atoms with van der Waals surface area (Å²) in [4.78, 5) is 21.6. The molecule has 1 aromatic carbocycles. The highest BCUT2D eigenvalue weighted by atomic mass is 16.6. The molecule has 1 aliphatic rings. The van der Waals surface area contributed by atoms with Gasteiger partial charge in [-0.15, -0.1) is 0 Å². The molecule has 1 amide bonds. The number of non-ortho nitro benzene ring substituents is 1. The van der Waals surface area contributed by atoms with Gasteiger partial charge in [-0.1, -0.05) is 0 Å². The third-order valence-electron chi connectivity index (χ3n) is 2.57. The molecule has 0 fully saturated rings. The Kier molecular flexibility index (Phi) is 2.15. The lowest BCUT2D eigenvalue weighted by molar-refractivity contribution is -0.384. The van der Waals surface area contributed by atoms with Crippen LogP contribution in [-0.2, 0) is 6.42 Å². The Morgan fingerprint density at radius 2 is 2.20 bits per heavy atom. The molecular formula is C10H10N2O3. The van der Waals surface area contributed by atoms with Crippen LogP contribution in [0.5, 0.6) is 0 Å². The zero-order valence-electron chi connectivity index (χ0n) is 8.24. The standard InChI is InChI=1S/C10H10N2O3/c1-6-4-7(12(14)15)5-9-8(6)2-3-11-10(9)13/h4-5H,2-3H2,1H3,(H,11,13). The molecular weight excluding hydrogens is 196 g/mol. The van der Waals surface area contributed by atoms with Crippen LogP contribution in [0.3, 0.4) is 0 Å². The number of hydrogen-bond acceptors (Lipinski definition) is 3. The first-order valence-electron chi connectivity index (χ1n) is 4.65. The molecule has 78 valence electrons. The monoisotopic (exact) mass is 206 g/mol. The summed E-state index contributed by atoms with van der Waals surface area (Å²) in [6.45, 7) is 2.40. The molecule has 1 aliphatic heterocycles. The van der Waals surface area contributed by atoms with Gasteiger partial charge in [0.15, 0.2) is 0 Å². The van der Waals surface area contributed by atoms with Gasteiger partial charge in [0.25, 0.3) is 11.6 Å². The van der Waals surface area contributed by atoms with Crippen molar-refractivity contribution in [3.63, 3.8) is 0 Å². The van der Waals surface area contributed by atoms with Crippen molar-refractivity contribution in [3.8, 4) is 0 Å². The average Bonchev–Trinajstić information content (AvgIpc) is 2.19. The van der Waals surface area contributed by atoms with Gasteiger partial charge in [0.05, 0.1) is 4.92 Å². The number of carbonyl (C=O) groups is 1. The molecule has 0 atom stereocenters. The number of nitro benzene ring substituents is 1. The number of amides is 1. The van der Waals surface area contributed by atoms with Crippen LogP contribution in [0.1, 0.15) is 21.5 Å². The summed E-state index contributed by atoms with van der Waals surface area (Å²) in [5.74, 6) is -0.219. The Labute approximate surface area is 86.2 Å². The van der Waals surface area contributed by atoms with Crippen LogP contribution in [0.25, 0.3) is 0 Å². The highest BCUT2D eigenvalue weighted by Crippen LogP contribution is 2.24. The van der Waals surface area contributed by atoms with Gasteiger partial charge in [-0.25, -0.2) is 0 Å². The predicted molar refractivity (Wildman–Crippen MR) is 53.9 cm³/mol. The second kappa shape index (κ2) is 3.34. The minimum absolute atomic E-state index is 0.0247. The van der Waals surface area contributed by atoms with Gasteiger partial charge in [0.1, 0.15) is 0 Å². The van der Waals surface area contributed by atoms with Gasteiger partial charge < -0.3 is 5.32 Å². The maximum absolute atomic E-state index is 11.5. The zero-order valence-corrected chi connectivity index (χ0v) is 8.24. The van der Waals surface area contributed by atoms with Gasteiger partial charge in [-0.05, 0) is 24.5 Å². The second-order valence-corrected chi connectivity index (χ2v) is 3.55. The molecule has 0 bridgehead atoms. The van der Waals surface area contributed by atoms with E-state index < -0.39 is 4.92 Å². The van der Waals surface area contributed by atoms with Crippen LogP contribution in [0.2, 0.25) is 0 Å². The van der Waals surface area contributed by atoms with E-state index >= 15 is 0 Å². The van der Waals surface area contributed by atoms with Crippen molar-refractivity contribution in [2.24, 2.45) is 0 Å². The number of rotatable bonds is 1. The molecule has 0 unspecified atom stereocenters. The van der Waals surface area contributed by atoms with Gasteiger partial charge in [-0.2, -0.15) is 0 Å². The van der Waals surface area contributed by atoms with Crippen molar-refractivity contribution in [2.45, 2.75) is 13.3 Å². The summed E-state index contributed by atoms with van der Waals surface area (Å²) in [5.41, 5.74) is 2.15. The number of nitrogens with one attached hydrogen (secondary N) is 1. The van der Waals surface area contributed by atoms with Crippen LogP contribution < -0.4 is 5.32 Å². The molecule has 0 saturated heterocycles. The molecule has 1 aromatic rings. The van der Waals surface area contributed by atoms with Crippen LogP contribution in [0.4, 0.5) is 5.69 Å². The fourth-order valence-electron chi connectivity index (χ4n) is 1.83. The quantitative estimate of drug-likeness (QED) is 0.554. The number of hydrogen-bond donors (Lipinski definition) is 1. The first-order chi connectivity index (χ1) is 7.09. The van der Waals surface area contributed by atoms with E-state index in [4.69, 9.17) is 0 Å². The number of benzene rings is 1. The molecule has 0 aliphatic carbocycles. The highest BCUT2D eigenvalue weighted by Gasteiger charge is 2.22. The van der Waals surface area contributed by atoms with Crippen LogP contribution in [0, 0.1) is 17.0 Å². The third kappa shape index (κ3) is 1.56. The lowest BCUT2D eigenvalue weighted by Gasteiger charge is -2.17. The summed E-state index contributed by atoms with van der Waals surface area (Å²) in [5, 5.41) is 13.3. The topological polar surface area (TPSA) is 72.2 Å². The Bertz CT molecular complexity index is 454. The van der Waals surface area contributed by atoms with E-state index in [-0.39, 0.29) is 11.6 Å². The molecule has 2 rings (SSSR count). The first kappa shape index (κ1) is 9.64. The van der Waals surface area contributed by atoms with Crippen molar-refractivity contribution in [1.29, 1.82) is 0 Å². The number of nitrogens with zero attached hydrogens (tertiary/aromatic N) is 1. The average molecular weight is 206 g/mol. The molecule has 0 aromatic heterocycles. The minimum Gasteiger partial charge on any atom is -0.352 e. The SMILES string of the molecule is Cc1cc([N+](=O)[O-])cc2c1CCNC2=O. The Hall–Kier alpha value is -1.91. The molecule has 1 N–H and O–H groups in total. The fraction of sp³-hybridized carbons (Fsp3) is 0.300. The summed E-state index contributed by atoms with van der Waals surface area (Å²) in [6, 6.07) is 2.86. The van der Waals surface area contributed by atoms with E-state index in [1.165, 1.54) is 12.1 Å². The maximum atomic E-state index is 11.5. The van der Waals surface area contributed by atoms with E-state index in [1.54, 1.807) is 6.92 Å². The molecule has 15 heavy (non-hydrogen) atoms. The van der Waals surface area contributed by atoms with E-state index in [1.807, 2.05) is 0 Å². The van der Waals surface area contributed by atoms with Gasteiger partial charge in [-0.3, -0.25) is 14.9 Å². The maximum Gasteiger partial charge on any atom is 0.270 e. The lowest BCUT2D eigenvalue weighted by Crippen LogP contribution is -2.32. The summed E-state index contributed by atoms with van der Waals surface area (Å²) < 4.78 is 0. The molecule has 0 radical (unpaired) electrons. The van der Waals surface area contributed by atoms with Gasteiger partial charge in [0.2, 0.25) is 0 Å². The van der Waals surface area contributed by atoms with Crippen molar-refractivity contribution >= 4 is 11.6 Å². The van der Waals surface area contributed by atoms with E-state index in [2.05, 4.69) is 5.32 Å². The van der Waals surface area contributed by atoms with Crippen molar-refractivity contribution in [2.75, 3.05) is 6.54 Å². The van der Waals surface area contributed by atoms with Crippen LogP contribution in [-0.4, -0.2) is 17.4 Å². The van der Waals surface area contributed by atoms with Gasteiger partial charge in [0, 0.05) is 24.2 Å². The molecule has 0 saturated carbocycles. The summed E-state index contributed by atoms with van der Waals surface area (Å²) >= 11 is 0. The van der Waals surface area contributed by atoms with Gasteiger partial charge >= 0.3 is 0 Å². The van der Waals surface area contributed by atoms with E-state index in [0.717, 1.165) is 17.5 Å². The van der Waals surface area contributed by atoms with Crippen molar-refractivity contribution in [3.05, 3.63) is 38.9 Å². The molecule has 5 heteroatoms. The van der Waals surface area contributed by atoms with Crippen molar-refractivity contribution in [1.82, 2.24) is 5.32 Å². The van der Waals surface area contributed by atoms with E-state index in [9.17, 15) is 14.9 Å². The summed E-state index contributed by atoms with van der Waals surface area (Å²) in [7, 11) is 0. The van der Waals surface area contributed by atoms with Crippen LogP contribution >= 0.6 is 0 Å². The summed E-state index contributed by atoms with van der Waals surface area (Å²) in [6.07, 6.45) is 0.741.